The Balaban J connectivity index is 1.90. The largest absolute Gasteiger partial charge is 0.444 e. The zero-order valence-electron chi connectivity index (χ0n) is 12.8. The number of anilines is 1. The zero-order valence-corrected chi connectivity index (χ0v) is 14.4. The molecule has 2 aromatic rings. The number of hydrogen-bond acceptors (Lipinski definition) is 3. The molecule has 120 valence electrons. The zero-order chi connectivity index (χ0) is 16.4. The van der Waals surface area contributed by atoms with Gasteiger partial charge in [-0.15, -0.1) is 0 Å². The highest BCUT2D eigenvalue weighted by Crippen LogP contribution is 2.23. The molecule has 2 amide bonds. The Hall–Kier alpha value is -2.08. The lowest BCUT2D eigenvalue weighted by atomic mass is 10.2. The van der Waals surface area contributed by atoms with E-state index in [-0.39, 0.29) is 24.2 Å². The van der Waals surface area contributed by atoms with Crippen molar-refractivity contribution in [1.82, 2.24) is 4.90 Å². The van der Waals surface area contributed by atoms with Gasteiger partial charge in [-0.2, -0.15) is 0 Å². The summed E-state index contributed by atoms with van der Waals surface area (Å²) in [7, 11) is 0. The van der Waals surface area contributed by atoms with Crippen molar-refractivity contribution < 1.29 is 14.0 Å². The van der Waals surface area contributed by atoms with Gasteiger partial charge in [-0.25, -0.2) is 0 Å². The molecule has 0 spiro atoms. The van der Waals surface area contributed by atoms with Gasteiger partial charge in [0.1, 0.15) is 6.67 Å². The van der Waals surface area contributed by atoms with Gasteiger partial charge in [-0.05, 0) is 53.5 Å². The Labute approximate surface area is 143 Å². The van der Waals surface area contributed by atoms with E-state index in [1.165, 1.54) is 0 Å². The number of carbonyl (C=O) groups is 2. The van der Waals surface area contributed by atoms with E-state index in [0.29, 0.717) is 17.6 Å². The molecular formula is C17H17BrN2O3. The van der Waals surface area contributed by atoms with E-state index in [1.807, 2.05) is 31.2 Å². The van der Waals surface area contributed by atoms with E-state index in [2.05, 4.69) is 15.9 Å². The lowest BCUT2D eigenvalue weighted by Crippen LogP contribution is -2.42. The van der Waals surface area contributed by atoms with Gasteiger partial charge < -0.3 is 9.32 Å². The maximum Gasteiger partial charge on any atom is 0.295 e. The van der Waals surface area contributed by atoms with Crippen LogP contribution in [-0.4, -0.2) is 29.9 Å². The minimum Gasteiger partial charge on any atom is -0.444 e. The molecule has 23 heavy (non-hydrogen) atoms. The molecule has 2 heterocycles. The Kier molecular flexibility index (Phi) is 4.52. The van der Waals surface area contributed by atoms with Gasteiger partial charge in [-0.1, -0.05) is 17.7 Å². The molecule has 0 N–H and O–H groups in total. The molecule has 1 saturated heterocycles. The molecule has 1 fully saturated rings. The van der Waals surface area contributed by atoms with Gasteiger partial charge in [-0.3, -0.25) is 14.5 Å². The Morgan fingerprint density at radius 2 is 2.00 bits per heavy atom. The van der Waals surface area contributed by atoms with Gasteiger partial charge in [0.25, 0.3) is 5.91 Å². The second-order valence-electron chi connectivity index (χ2n) is 5.57. The minimum absolute atomic E-state index is 0.0792. The molecule has 0 radical (unpaired) electrons. The molecule has 5 nitrogen and oxygen atoms in total. The number of aryl methyl sites for hydroxylation is 1. The summed E-state index contributed by atoms with van der Waals surface area (Å²) in [4.78, 5) is 28.0. The smallest absolute Gasteiger partial charge is 0.295 e. The molecule has 1 aliphatic heterocycles. The van der Waals surface area contributed by atoms with Gasteiger partial charge in [0, 0.05) is 18.7 Å². The van der Waals surface area contributed by atoms with Crippen LogP contribution in [0.15, 0.2) is 45.5 Å². The topological polar surface area (TPSA) is 53.8 Å². The first-order valence-corrected chi connectivity index (χ1v) is 8.25. The summed E-state index contributed by atoms with van der Waals surface area (Å²) in [6.07, 6.45) is 1.38. The van der Waals surface area contributed by atoms with Crippen molar-refractivity contribution >= 4 is 33.4 Å². The number of hydrogen-bond donors (Lipinski definition) is 0. The van der Waals surface area contributed by atoms with E-state index in [1.54, 1.807) is 21.9 Å². The van der Waals surface area contributed by atoms with Crippen LogP contribution in [0, 0.1) is 6.92 Å². The highest BCUT2D eigenvalue weighted by Gasteiger charge is 2.27. The summed E-state index contributed by atoms with van der Waals surface area (Å²) < 4.78 is 5.89. The predicted octanol–water partition coefficient (Wildman–Crippen LogP) is 3.58. The second-order valence-corrected chi connectivity index (χ2v) is 6.36. The number of amides is 2. The van der Waals surface area contributed by atoms with Crippen molar-refractivity contribution in [2.24, 2.45) is 0 Å². The van der Waals surface area contributed by atoms with Gasteiger partial charge >= 0.3 is 0 Å². The average molecular weight is 377 g/mol. The maximum atomic E-state index is 12.8. The monoisotopic (exact) mass is 376 g/mol. The van der Waals surface area contributed by atoms with Crippen LogP contribution in [0.4, 0.5) is 5.69 Å². The number of nitrogens with zero attached hydrogens (tertiary/aromatic N) is 2. The van der Waals surface area contributed by atoms with Crippen LogP contribution < -0.4 is 4.90 Å². The van der Waals surface area contributed by atoms with Crippen LogP contribution in [0.2, 0.25) is 0 Å². The number of benzene rings is 1. The fourth-order valence-corrected chi connectivity index (χ4v) is 2.88. The van der Waals surface area contributed by atoms with Crippen LogP contribution in [0.25, 0.3) is 0 Å². The van der Waals surface area contributed by atoms with Crippen LogP contribution in [-0.2, 0) is 4.79 Å². The minimum atomic E-state index is -0.265. The number of halogens is 1. The van der Waals surface area contributed by atoms with E-state index >= 15 is 0 Å². The van der Waals surface area contributed by atoms with Crippen molar-refractivity contribution in [2.45, 2.75) is 19.8 Å². The second kappa shape index (κ2) is 6.58. The Morgan fingerprint density at radius 3 is 2.57 bits per heavy atom. The molecule has 1 aromatic carbocycles. The van der Waals surface area contributed by atoms with Crippen molar-refractivity contribution in [1.29, 1.82) is 0 Å². The van der Waals surface area contributed by atoms with E-state index in [9.17, 15) is 9.59 Å². The third-order valence-electron chi connectivity index (χ3n) is 3.86. The molecule has 6 heteroatoms. The van der Waals surface area contributed by atoms with Crippen molar-refractivity contribution in [2.75, 3.05) is 18.1 Å². The van der Waals surface area contributed by atoms with Gasteiger partial charge in [0.05, 0.1) is 0 Å². The van der Waals surface area contributed by atoms with Crippen LogP contribution >= 0.6 is 15.9 Å². The number of rotatable bonds is 4. The maximum absolute atomic E-state index is 12.8. The number of carbonyl (C=O) groups excluding carboxylic acids is 2. The van der Waals surface area contributed by atoms with E-state index in [4.69, 9.17) is 4.42 Å². The van der Waals surface area contributed by atoms with E-state index in [0.717, 1.165) is 17.7 Å². The first kappa shape index (κ1) is 15.8. The van der Waals surface area contributed by atoms with Crippen molar-refractivity contribution in [3.63, 3.8) is 0 Å². The molecule has 0 aliphatic carbocycles. The summed E-state index contributed by atoms with van der Waals surface area (Å²) in [5, 5.41) is 0. The number of likely N-dealkylation sites (tertiary alicyclic amines) is 1. The fourth-order valence-electron chi connectivity index (χ4n) is 2.57. The SMILES string of the molecule is Cc1ccc(N(CN2CCCC2=O)C(=O)c2ccc(Br)o2)cc1. The molecule has 0 bridgehead atoms. The predicted molar refractivity (Wildman–Crippen MR) is 90.2 cm³/mol. The first-order chi connectivity index (χ1) is 11.0. The third-order valence-corrected chi connectivity index (χ3v) is 4.28. The summed E-state index contributed by atoms with van der Waals surface area (Å²) in [5.41, 5.74) is 1.85. The van der Waals surface area contributed by atoms with Crippen molar-refractivity contribution in [3.8, 4) is 0 Å². The van der Waals surface area contributed by atoms with Gasteiger partial charge in [0.2, 0.25) is 5.91 Å². The summed E-state index contributed by atoms with van der Waals surface area (Å²) >= 11 is 3.21. The highest BCUT2D eigenvalue weighted by molar-refractivity contribution is 9.10. The standard InChI is InChI=1S/C17H17BrN2O3/c1-12-4-6-13(7-5-12)20(11-19-10-2-3-16(19)21)17(22)14-8-9-15(18)23-14/h4-9H,2-3,10-11H2,1H3. The van der Waals surface area contributed by atoms with Crippen LogP contribution in [0.3, 0.4) is 0 Å². The summed E-state index contributed by atoms with van der Waals surface area (Å²) in [6, 6.07) is 11.0. The molecule has 1 aromatic heterocycles. The first-order valence-electron chi connectivity index (χ1n) is 7.46. The quantitative estimate of drug-likeness (QED) is 0.819. The molecular weight excluding hydrogens is 360 g/mol. The van der Waals surface area contributed by atoms with E-state index < -0.39 is 0 Å². The lowest BCUT2D eigenvalue weighted by Gasteiger charge is -2.27. The fraction of sp³-hybridized carbons (Fsp3) is 0.294. The van der Waals surface area contributed by atoms with Crippen LogP contribution in [0.1, 0.15) is 29.0 Å². The molecule has 0 atom stereocenters. The summed E-state index contributed by atoms with van der Waals surface area (Å²) in [6.45, 7) is 2.90. The molecule has 3 rings (SSSR count). The lowest BCUT2D eigenvalue weighted by molar-refractivity contribution is -0.127. The average Bonchev–Trinajstić information content (AvgIpc) is 3.14. The molecule has 0 saturated carbocycles. The van der Waals surface area contributed by atoms with Crippen LogP contribution in [0.5, 0.6) is 0 Å². The molecule has 1 aliphatic rings. The Morgan fingerprint density at radius 1 is 1.26 bits per heavy atom. The Bertz CT molecular complexity index is 724. The summed E-state index contributed by atoms with van der Waals surface area (Å²) in [5.74, 6) is 0.0545. The normalized spacial score (nSPS) is 14.3. The van der Waals surface area contributed by atoms with Gasteiger partial charge in [0.15, 0.2) is 10.4 Å². The van der Waals surface area contributed by atoms with Crippen molar-refractivity contribution in [3.05, 3.63) is 52.4 Å². The third kappa shape index (κ3) is 3.47. The number of furan rings is 1. The highest BCUT2D eigenvalue weighted by atomic mass is 79.9. The molecule has 0 unspecified atom stereocenters.